The number of nitrogens with one attached hydrogen (secondary N) is 2. The maximum absolute atomic E-state index is 13.5. The van der Waals surface area contributed by atoms with Gasteiger partial charge in [0.1, 0.15) is 12.2 Å². The number of ether oxygens (including phenoxy) is 4. The average Bonchev–Trinajstić information content (AvgIpc) is 3.36. The quantitative estimate of drug-likeness (QED) is 0.138. The van der Waals surface area contributed by atoms with Crippen LogP contribution in [0.15, 0.2) is 115 Å². The molecule has 0 saturated carbocycles. The zero-order valence-electron chi connectivity index (χ0n) is 43.8. The molecule has 14 N–H and O–H groups in total. The summed E-state index contributed by atoms with van der Waals surface area (Å²) in [6, 6.07) is 6.35. The highest BCUT2D eigenvalue weighted by Crippen LogP contribution is 2.35. The minimum absolute atomic E-state index is 0.00940. The molecule has 3 heterocycles. The summed E-state index contributed by atoms with van der Waals surface area (Å²) in [4.78, 5) is 26.7. The summed E-state index contributed by atoms with van der Waals surface area (Å²) in [6.07, 6.45) is 5.02. The minimum atomic E-state index is -2.28. The molecule has 0 aromatic heterocycles. The van der Waals surface area contributed by atoms with Gasteiger partial charge in [0, 0.05) is 48.8 Å². The Hall–Kier alpha value is -4.33. The maximum atomic E-state index is 13.5. The first kappa shape index (κ1) is 64.2. The molecule has 19 nitrogen and oxygen atoms in total. The number of esters is 1. The van der Waals surface area contributed by atoms with Crippen LogP contribution >= 0.6 is 12.2 Å². The summed E-state index contributed by atoms with van der Waals surface area (Å²) < 4.78 is 23.9. The van der Waals surface area contributed by atoms with Crippen molar-refractivity contribution < 1.29 is 79.6 Å². The molecule has 3 aliphatic rings. The van der Waals surface area contributed by atoms with E-state index in [1.165, 1.54) is 0 Å². The van der Waals surface area contributed by atoms with Crippen LogP contribution in [0.4, 0.5) is 4.79 Å². The summed E-state index contributed by atoms with van der Waals surface area (Å²) in [6.45, 7) is 6.81. The number of rotatable bonds is 7. The summed E-state index contributed by atoms with van der Waals surface area (Å²) in [5.74, 6) is -3.75. The monoisotopic (exact) mass is 1090 g/mol. The van der Waals surface area contributed by atoms with Gasteiger partial charge in [0.25, 0.3) is 0 Å². The van der Waals surface area contributed by atoms with E-state index >= 15 is 0 Å². The Morgan fingerprint density at radius 1 is 0.711 bits per heavy atom. The smallest absolute Gasteiger partial charge is 0.315 e. The van der Waals surface area contributed by atoms with Gasteiger partial charge < -0.3 is 86.4 Å². The van der Waals surface area contributed by atoms with Crippen molar-refractivity contribution >= 4 is 29.1 Å². The summed E-state index contributed by atoms with van der Waals surface area (Å²) in [5, 5.41) is 116. The van der Waals surface area contributed by atoms with E-state index < -0.39 is 147 Å². The Bertz CT molecular complexity index is 2140. The number of benzene rings is 1. The molecule has 2 bridgehead atoms. The maximum Gasteiger partial charge on any atom is 0.315 e. The van der Waals surface area contributed by atoms with E-state index in [9.17, 15) is 60.7 Å². The third-order valence-electron chi connectivity index (χ3n) is 13.7. The molecule has 2 saturated heterocycles. The topological polar surface area (TPSA) is 323 Å². The number of urea groups is 1. The fourth-order valence-electron chi connectivity index (χ4n) is 9.10. The number of hydrogen-bond acceptors (Lipinski definition) is 18. The predicted octanol–water partition coefficient (Wildman–Crippen LogP) is 2.29. The molecule has 4 rings (SSSR count). The second kappa shape index (κ2) is 32.5. The van der Waals surface area contributed by atoms with Gasteiger partial charge in [-0.25, -0.2) is 4.79 Å². The Balaban J connectivity index is 1.60. The Morgan fingerprint density at radius 3 is 1.95 bits per heavy atom. The number of thiocarbonyl (C=S) groups is 1. The molecule has 76 heavy (non-hydrogen) atoms. The van der Waals surface area contributed by atoms with Crippen molar-refractivity contribution in [2.24, 2.45) is 17.6 Å². The summed E-state index contributed by atoms with van der Waals surface area (Å²) in [7, 11) is 0. The van der Waals surface area contributed by atoms with Crippen molar-refractivity contribution in [3.63, 3.8) is 0 Å². The van der Waals surface area contributed by atoms with Crippen molar-refractivity contribution in [2.45, 2.75) is 189 Å². The summed E-state index contributed by atoms with van der Waals surface area (Å²) >= 11 is 5.52. The molecule has 20 heteroatoms. The van der Waals surface area contributed by atoms with E-state index in [1.54, 1.807) is 69.4 Å². The van der Waals surface area contributed by atoms with Gasteiger partial charge in [-0.15, -0.1) is 0 Å². The van der Waals surface area contributed by atoms with Crippen molar-refractivity contribution in [3.8, 4) is 0 Å². The number of fused-ring (bicyclic) bond motifs is 2. The van der Waals surface area contributed by atoms with E-state index in [1.807, 2.05) is 73.7 Å². The zero-order chi connectivity index (χ0) is 56.0. The minimum Gasteiger partial charge on any atom is -0.462 e. The number of amides is 2. The average molecular weight is 1090 g/mol. The molecule has 0 radical (unpaired) electrons. The van der Waals surface area contributed by atoms with E-state index in [0.29, 0.717) is 11.3 Å². The van der Waals surface area contributed by atoms with E-state index in [4.69, 9.17) is 36.9 Å². The highest BCUT2D eigenvalue weighted by Gasteiger charge is 2.49. The fourth-order valence-corrected chi connectivity index (χ4v) is 9.34. The molecular weight excluding hydrogens is 1000 g/mol. The van der Waals surface area contributed by atoms with Crippen molar-refractivity contribution in [1.29, 1.82) is 0 Å². The van der Waals surface area contributed by atoms with Crippen molar-refractivity contribution in [3.05, 3.63) is 121 Å². The van der Waals surface area contributed by atoms with Crippen LogP contribution < -0.4 is 16.4 Å². The number of nitrogens with two attached hydrogens (primary N) is 1. The van der Waals surface area contributed by atoms with Crippen LogP contribution in [0.3, 0.4) is 0 Å². The first-order chi connectivity index (χ1) is 36.0. The number of allylic oxidation sites excluding steroid dienone is 12. The van der Waals surface area contributed by atoms with Crippen LogP contribution in [-0.2, 0) is 30.2 Å². The number of aliphatic hydroxyl groups excluding tert-OH is 9. The lowest BCUT2D eigenvalue weighted by Crippen LogP contribution is -2.64. The first-order valence-electron chi connectivity index (χ1n) is 26.1. The number of hydrogen-bond donors (Lipinski definition) is 13. The highest BCUT2D eigenvalue weighted by atomic mass is 32.1. The van der Waals surface area contributed by atoms with Gasteiger partial charge in [-0.2, -0.15) is 0 Å². The lowest BCUT2D eigenvalue weighted by Gasteiger charge is -2.46. The lowest BCUT2D eigenvalue weighted by atomic mass is 9.87. The van der Waals surface area contributed by atoms with Crippen molar-refractivity contribution in [1.82, 2.24) is 10.6 Å². The van der Waals surface area contributed by atoms with Crippen LogP contribution in [0.1, 0.15) is 84.6 Å². The van der Waals surface area contributed by atoms with Gasteiger partial charge in [-0.05, 0) is 38.7 Å². The van der Waals surface area contributed by atoms with Gasteiger partial charge >= 0.3 is 12.0 Å². The largest absolute Gasteiger partial charge is 0.462 e. The third-order valence-corrected chi connectivity index (χ3v) is 14.0. The Labute approximate surface area is 451 Å². The zero-order valence-corrected chi connectivity index (χ0v) is 44.7. The third kappa shape index (κ3) is 22.2. The van der Waals surface area contributed by atoms with Crippen LogP contribution in [0, 0.1) is 11.8 Å². The molecule has 424 valence electrons. The number of carbonyl (C=O) groups excluding carboxylic acids is 2. The summed E-state index contributed by atoms with van der Waals surface area (Å²) in [5.41, 5.74) is 7.09. The van der Waals surface area contributed by atoms with Gasteiger partial charge in [-0.3, -0.25) is 4.79 Å². The SMILES string of the molecule is C[C@@H]1[C@H](O)[C@@H](C)/C=C/C=C/C=C/C=C/C=C/C=C/C=C/[C@H](O[C@@H]2O[C@H](C)[C@@H](O)[C@H](N)[C@@H]2O)C[C@@H]2O[C@](O)(C[C@@H](O)C[C@@H](O)[C@H](O)CC[C@@H](O)C[C@@H](O)CC(=O)O[C@H]1C)C[C@H](O)[C@H]2NC(=O)NCC(=S)Cc1ccccc1. The number of carbonyl (C=O) groups is 2. The second-order valence-electron chi connectivity index (χ2n) is 20.3. The van der Waals surface area contributed by atoms with Gasteiger partial charge in [0.15, 0.2) is 12.1 Å². The van der Waals surface area contributed by atoms with Crippen LogP contribution in [0.5, 0.6) is 0 Å². The fraction of sp³-hybridized carbons (Fsp3) is 0.589. The van der Waals surface area contributed by atoms with Crippen LogP contribution in [-0.4, -0.2) is 178 Å². The highest BCUT2D eigenvalue weighted by molar-refractivity contribution is 7.80. The first-order valence-corrected chi connectivity index (χ1v) is 26.5. The second-order valence-corrected chi connectivity index (χ2v) is 20.8. The molecule has 2 fully saturated rings. The molecular formula is C56H83N3O16S. The number of cyclic esters (lactones) is 1. The van der Waals surface area contributed by atoms with E-state index in [2.05, 4.69) is 10.6 Å². The molecule has 2 amide bonds. The van der Waals surface area contributed by atoms with Gasteiger partial charge in [0.05, 0.1) is 92.2 Å². The molecule has 19 atom stereocenters. The number of aliphatic hydroxyl groups is 10. The normalized spacial score (nSPS) is 40.4. The molecule has 3 aliphatic heterocycles. The molecule has 0 spiro atoms. The van der Waals surface area contributed by atoms with E-state index in [0.717, 1.165) is 5.56 Å². The Morgan fingerprint density at radius 2 is 1.32 bits per heavy atom. The standard InChI is InChI=1S/C56H83N3O16S/c1-34-20-16-13-11-9-7-5-6-8-10-12-14-19-23-42(74-54-53(69)49(57)52(68)37(4)73-54)30-47-50(59-55(70)58-33-43(76)26-38-21-17-15-18-22-38)46(65)32-56(71,75-47)31-41(62)28-45(64)44(63)25-24-39(60)27-40(61)29-48(66)72-36(3)35(2)51(34)67/h5-23,34-37,39-42,44-47,49-54,60-65,67-69,71H,24-33,57H2,1-4H3,(H2,58,59,70)/b6-5+,9-7+,10-8+,13-11+,14-12+,20-16+,23-19+/t34-,35-,36-,37+,39+,40+,41-,42-,44+,45+,46-,47-,49-,50+,51+,52+,53-,54-,56+/m0/s1. The van der Waals surface area contributed by atoms with Crippen LogP contribution in [0.2, 0.25) is 0 Å². The molecule has 1 aromatic rings. The lowest BCUT2D eigenvalue weighted by molar-refractivity contribution is -0.303. The van der Waals surface area contributed by atoms with E-state index in [-0.39, 0.29) is 38.1 Å². The van der Waals surface area contributed by atoms with Crippen LogP contribution in [0.25, 0.3) is 0 Å². The predicted molar refractivity (Wildman–Crippen MR) is 289 cm³/mol. The Kier molecular flexibility index (Phi) is 27.5. The molecule has 0 aliphatic carbocycles. The molecule has 1 aromatic carbocycles. The van der Waals surface area contributed by atoms with Crippen molar-refractivity contribution in [2.75, 3.05) is 6.54 Å². The van der Waals surface area contributed by atoms with Gasteiger partial charge in [0.2, 0.25) is 0 Å². The van der Waals surface area contributed by atoms with Gasteiger partial charge in [-0.1, -0.05) is 141 Å². The molecule has 0 unspecified atom stereocenters.